The van der Waals surface area contributed by atoms with E-state index in [4.69, 9.17) is 6.42 Å². The molecule has 0 heterocycles. The Morgan fingerprint density at radius 2 is 1.76 bits per heavy atom. The molecule has 4 heteroatoms. The van der Waals surface area contributed by atoms with E-state index < -0.39 is 10.0 Å². The summed E-state index contributed by atoms with van der Waals surface area (Å²) in [7, 11) is -3.58. The molecule has 0 unspecified atom stereocenters. The van der Waals surface area contributed by atoms with Gasteiger partial charge in [-0.25, -0.2) is 8.42 Å². The summed E-state index contributed by atoms with van der Waals surface area (Å²) < 4.78 is 26.9. The number of hydrogen-bond acceptors (Lipinski definition) is 2. The number of hydrogen-bond donors (Lipinski definition) is 0. The average Bonchev–Trinajstić information content (AvgIpc) is 2.62. The van der Waals surface area contributed by atoms with E-state index in [1.54, 1.807) is 24.3 Å². The SMILES string of the molecule is C#CCN(CC/C=C(\C)c1ccccc1)S(=O)(=O)c1ccc(C)cc1. The Labute approximate surface area is 151 Å². The summed E-state index contributed by atoms with van der Waals surface area (Å²) in [6, 6.07) is 16.8. The Bertz CT molecular complexity index is 860. The Hall–Kier alpha value is -2.35. The van der Waals surface area contributed by atoms with Gasteiger partial charge in [-0.15, -0.1) is 6.42 Å². The molecule has 0 aromatic heterocycles. The number of benzene rings is 2. The van der Waals surface area contributed by atoms with Gasteiger partial charge in [0.15, 0.2) is 0 Å². The van der Waals surface area contributed by atoms with Crippen LogP contribution in [0.3, 0.4) is 0 Å². The first-order valence-electron chi connectivity index (χ1n) is 8.17. The Morgan fingerprint density at radius 3 is 2.36 bits per heavy atom. The molecule has 0 bridgehead atoms. The number of allylic oxidation sites excluding steroid dienone is 1. The number of nitrogens with zero attached hydrogens (tertiary/aromatic N) is 1. The van der Waals surface area contributed by atoms with Gasteiger partial charge in [-0.05, 0) is 43.5 Å². The molecule has 0 radical (unpaired) electrons. The van der Waals surface area contributed by atoms with Gasteiger partial charge in [0.1, 0.15) is 0 Å². The van der Waals surface area contributed by atoms with Crippen LogP contribution in [-0.4, -0.2) is 25.8 Å². The second-order valence-electron chi connectivity index (χ2n) is 5.90. The first-order chi connectivity index (χ1) is 11.9. The monoisotopic (exact) mass is 353 g/mol. The maximum Gasteiger partial charge on any atom is 0.243 e. The van der Waals surface area contributed by atoms with E-state index in [1.165, 1.54) is 4.31 Å². The van der Waals surface area contributed by atoms with Crippen LogP contribution >= 0.6 is 0 Å². The van der Waals surface area contributed by atoms with Crippen LogP contribution in [0, 0.1) is 19.3 Å². The van der Waals surface area contributed by atoms with Gasteiger partial charge < -0.3 is 0 Å². The van der Waals surface area contributed by atoms with E-state index in [0.29, 0.717) is 13.0 Å². The van der Waals surface area contributed by atoms with Gasteiger partial charge in [0, 0.05) is 6.54 Å². The van der Waals surface area contributed by atoms with Crippen molar-refractivity contribution in [2.75, 3.05) is 13.1 Å². The van der Waals surface area contributed by atoms with Gasteiger partial charge in [0.25, 0.3) is 0 Å². The van der Waals surface area contributed by atoms with E-state index in [2.05, 4.69) is 5.92 Å². The van der Waals surface area contributed by atoms with Gasteiger partial charge >= 0.3 is 0 Å². The highest BCUT2D eigenvalue weighted by Crippen LogP contribution is 2.18. The van der Waals surface area contributed by atoms with Crippen LogP contribution in [0.5, 0.6) is 0 Å². The van der Waals surface area contributed by atoms with Crippen molar-refractivity contribution in [3.05, 3.63) is 71.8 Å². The largest absolute Gasteiger partial charge is 0.243 e. The summed E-state index contributed by atoms with van der Waals surface area (Å²) in [6.07, 6.45) is 8.03. The van der Waals surface area contributed by atoms with Gasteiger partial charge in [-0.3, -0.25) is 0 Å². The van der Waals surface area contributed by atoms with Crippen LogP contribution < -0.4 is 0 Å². The van der Waals surface area contributed by atoms with Crippen molar-refractivity contribution in [3.8, 4) is 12.3 Å². The summed E-state index contributed by atoms with van der Waals surface area (Å²) in [6.45, 7) is 4.36. The van der Waals surface area contributed by atoms with Gasteiger partial charge in [-0.2, -0.15) is 4.31 Å². The lowest BCUT2D eigenvalue weighted by molar-refractivity contribution is 0.452. The van der Waals surface area contributed by atoms with E-state index in [9.17, 15) is 8.42 Å². The predicted octanol–water partition coefficient (Wildman–Crippen LogP) is 4.11. The molecule has 0 spiro atoms. The molecule has 0 N–H and O–H groups in total. The first-order valence-corrected chi connectivity index (χ1v) is 9.61. The number of aryl methyl sites for hydroxylation is 1. The fraction of sp³-hybridized carbons (Fsp3) is 0.238. The quantitative estimate of drug-likeness (QED) is 0.703. The van der Waals surface area contributed by atoms with Crippen LogP contribution in [0.25, 0.3) is 5.57 Å². The third-order valence-electron chi connectivity index (χ3n) is 3.98. The minimum absolute atomic E-state index is 0.0639. The first kappa shape index (κ1) is 19.0. The van der Waals surface area contributed by atoms with Crippen LogP contribution in [0.15, 0.2) is 65.6 Å². The highest BCUT2D eigenvalue weighted by molar-refractivity contribution is 7.89. The van der Waals surface area contributed by atoms with Crippen molar-refractivity contribution in [1.29, 1.82) is 0 Å². The van der Waals surface area contributed by atoms with Crippen LogP contribution in [0.4, 0.5) is 0 Å². The molecule has 0 fully saturated rings. The lowest BCUT2D eigenvalue weighted by Gasteiger charge is -2.19. The summed E-state index contributed by atoms with van der Waals surface area (Å²) in [4.78, 5) is 0.275. The minimum Gasteiger partial charge on any atom is -0.207 e. The standard InChI is InChI=1S/C21H23NO2S/c1-4-16-22(25(23,24)21-14-12-18(2)13-15-21)17-8-9-19(3)20-10-6-5-7-11-20/h1,5-7,9-15H,8,16-17H2,2-3H3/b19-9+. The topological polar surface area (TPSA) is 37.4 Å². The zero-order valence-corrected chi connectivity index (χ0v) is 15.5. The Morgan fingerprint density at radius 1 is 1.12 bits per heavy atom. The zero-order chi connectivity index (χ0) is 18.3. The van der Waals surface area contributed by atoms with Gasteiger partial charge in [0.05, 0.1) is 11.4 Å². The molecule has 2 aromatic carbocycles. The summed E-state index contributed by atoms with van der Waals surface area (Å²) in [5.74, 6) is 2.45. The molecule has 25 heavy (non-hydrogen) atoms. The Balaban J connectivity index is 2.13. The van der Waals surface area contributed by atoms with E-state index in [-0.39, 0.29) is 11.4 Å². The maximum atomic E-state index is 12.8. The molecule has 0 aliphatic heterocycles. The molecular formula is C21H23NO2S. The van der Waals surface area contributed by atoms with E-state index >= 15 is 0 Å². The molecular weight excluding hydrogens is 330 g/mol. The van der Waals surface area contributed by atoms with Gasteiger partial charge in [0.2, 0.25) is 10.0 Å². The molecule has 0 saturated heterocycles. The summed E-state index contributed by atoms with van der Waals surface area (Å²) >= 11 is 0. The molecule has 3 nitrogen and oxygen atoms in total. The highest BCUT2D eigenvalue weighted by atomic mass is 32.2. The van der Waals surface area contributed by atoms with Gasteiger partial charge in [-0.1, -0.05) is 60.0 Å². The predicted molar refractivity (Wildman–Crippen MR) is 103 cm³/mol. The van der Waals surface area contributed by atoms with Crippen molar-refractivity contribution < 1.29 is 8.42 Å². The molecule has 0 aliphatic rings. The normalized spacial score (nSPS) is 12.2. The fourth-order valence-electron chi connectivity index (χ4n) is 2.49. The smallest absolute Gasteiger partial charge is 0.207 e. The van der Waals surface area contributed by atoms with Crippen molar-refractivity contribution in [2.45, 2.75) is 25.2 Å². The van der Waals surface area contributed by atoms with Crippen LogP contribution in [0.1, 0.15) is 24.5 Å². The molecule has 130 valence electrons. The fourth-order valence-corrected chi connectivity index (χ4v) is 3.86. The molecule has 0 aliphatic carbocycles. The van der Waals surface area contributed by atoms with Crippen molar-refractivity contribution in [1.82, 2.24) is 4.31 Å². The lowest BCUT2D eigenvalue weighted by atomic mass is 10.1. The maximum absolute atomic E-state index is 12.8. The van der Waals surface area contributed by atoms with Crippen molar-refractivity contribution in [3.63, 3.8) is 0 Å². The average molecular weight is 353 g/mol. The van der Waals surface area contributed by atoms with E-state index in [0.717, 1.165) is 16.7 Å². The second kappa shape index (κ2) is 8.66. The summed E-state index contributed by atoms with van der Waals surface area (Å²) in [5, 5.41) is 0. The highest BCUT2D eigenvalue weighted by Gasteiger charge is 2.22. The third-order valence-corrected chi connectivity index (χ3v) is 5.84. The molecule has 0 amide bonds. The van der Waals surface area contributed by atoms with Crippen molar-refractivity contribution >= 4 is 15.6 Å². The molecule has 2 aromatic rings. The Kier molecular flexibility index (Phi) is 6.58. The number of terminal acetylenes is 1. The molecule has 0 atom stereocenters. The van der Waals surface area contributed by atoms with E-state index in [1.807, 2.05) is 50.3 Å². The number of sulfonamides is 1. The molecule has 2 rings (SSSR count). The van der Waals surface area contributed by atoms with Crippen molar-refractivity contribution in [2.24, 2.45) is 0 Å². The lowest BCUT2D eigenvalue weighted by Crippen LogP contribution is -2.32. The van der Waals surface area contributed by atoms with Crippen LogP contribution in [-0.2, 0) is 10.0 Å². The zero-order valence-electron chi connectivity index (χ0n) is 14.6. The van der Waals surface area contributed by atoms with Crippen LogP contribution in [0.2, 0.25) is 0 Å². The minimum atomic E-state index is -3.58. The number of rotatable bonds is 7. The molecule has 0 saturated carbocycles. The third kappa shape index (κ3) is 5.06. The summed E-state index contributed by atoms with van der Waals surface area (Å²) in [5.41, 5.74) is 3.27. The second-order valence-corrected chi connectivity index (χ2v) is 7.84.